The van der Waals surface area contributed by atoms with E-state index >= 15 is 0 Å². The lowest BCUT2D eigenvalue weighted by molar-refractivity contribution is -0.0175. The molecule has 0 radical (unpaired) electrons. The Bertz CT molecular complexity index is 727. The molecular formula is C19H26N4O2. The summed E-state index contributed by atoms with van der Waals surface area (Å²) < 4.78 is 7.60. The Kier molecular flexibility index (Phi) is 5.50. The van der Waals surface area contributed by atoms with Gasteiger partial charge in [-0.1, -0.05) is 30.3 Å². The molecule has 6 heteroatoms. The molecule has 1 aromatic carbocycles. The number of rotatable bonds is 5. The summed E-state index contributed by atoms with van der Waals surface area (Å²) in [6, 6.07) is 10.1. The van der Waals surface area contributed by atoms with Crippen LogP contribution in [0, 0.1) is 13.8 Å². The Balaban J connectivity index is 1.66. The average molecular weight is 342 g/mol. The van der Waals surface area contributed by atoms with Crippen LogP contribution in [0.1, 0.15) is 27.3 Å². The van der Waals surface area contributed by atoms with Gasteiger partial charge in [0.25, 0.3) is 5.91 Å². The minimum absolute atomic E-state index is 0.0441. The van der Waals surface area contributed by atoms with Gasteiger partial charge in [0.15, 0.2) is 0 Å². The smallest absolute Gasteiger partial charge is 0.255 e. The fourth-order valence-electron chi connectivity index (χ4n) is 3.22. The molecule has 0 spiro atoms. The first-order chi connectivity index (χ1) is 12.0. The summed E-state index contributed by atoms with van der Waals surface area (Å²) in [7, 11) is 2.07. The van der Waals surface area contributed by atoms with Gasteiger partial charge < -0.3 is 15.0 Å². The molecule has 1 amide bonds. The standard InChI is InChI=1S/C19H26N4O2/c1-14-18(19(24)20-11-17-13-22(3)9-10-25-17)15(2)23(21-14)12-16-7-5-4-6-8-16/h4-8,17H,9-13H2,1-3H3,(H,20,24). The molecule has 0 bridgehead atoms. The van der Waals surface area contributed by atoms with E-state index in [1.807, 2.05) is 36.7 Å². The first-order valence-electron chi connectivity index (χ1n) is 8.71. The first-order valence-corrected chi connectivity index (χ1v) is 8.71. The molecule has 0 aliphatic carbocycles. The molecule has 2 aromatic rings. The van der Waals surface area contributed by atoms with Gasteiger partial charge in [-0.15, -0.1) is 0 Å². The fraction of sp³-hybridized carbons (Fsp3) is 0.474. The molecule has 25 heavy (non-hydrogen) atoms. The summed E-state index contributed by atoms with van der Waals surface area (Å²) >= 11 is 0. The third-order valence-electron chi connectivity index (χ3n) is 4.62. The molecule has 1 N–H and O–H groups in total. The highest BCUT2D eigenvalue weighted by atomic mass is 16.5. The number of aromatic nitrogens is 2. The van der Waals surface area contributed by atoms with Crippen LogP contribution >= 0.6 is 0 Å². The maximum absolute atomic E-state index is 12.6. The van der Waals surface area contributed by atoms with E-state index in [9.17, 15) is 4.79 Å². The number of morpholine rings is 1. The second-order valence-corrected chi connectivity index (χ2v) is 6.65. The van der Waals surface area contributed by atoms with Crippen molar-refractivity contribution in [2.75, 3.05) is 33.3 Å². The number of aryl methyl sites for hydroxylation is 1. The van der Waals surface area contributed by atoms with Crippen LogP contribution < -0.4 is 5.32 Å². The van der Waals surface area contributed by atoms with E-state index in [1.165, 1.54) is 5.56 Å². The second-order valence-electron chi connectivity index (χ2n) is 6.65. The number of carbonyl (C=O) groups excluding carboxylic acids is 1. The van der Waals surface area contributed by atoms with Crippen LogP contribution in [-0.2, 0) is 11.3 Å². The fourth-order valence-corrected chi connectivity index (χ4v) is 3.22. The van der Waals surface area contributed by atoms with Crippen molar-refractivity contribution in [3.63, 3.8) is 0 Å². The zero-order valence-electron chi connectivity index (χ0n) is 15.2. The van der Waals surface area contributed by atoms with E-state index in [2.05, 4.69) is 34.5 Å². The third-order valence-corrected chi connectivity index (χ3v) is 4.62. The van der Waals surface area contributed by atoms with Gasteiger partial charge in [0.05, 0.1) is 30.5 Å². The van der Waals surface area contributed by atoms with Crippen molar-refractivity contribution < 1.29 is 9.53 Å². The first kappa shape index (κ1) is 17.6. The molecule has 3 rings (SSSR count). The monoisotopic (exact) mass is 342 g/mol. The molecule has 1 unspecified atom stereocenters. The molecule has 134 valence electrons. The van der Waals surface area contributed by atoms with Crippen molar-refractivity contribution in [2.24, 2.45) is 0 Å². The molecule has 1 fully saturated rings. The largest absolute Gasteiger partial charge is 0.374 e. The van der Waals surface area contributed by atoms with E-state index in [0.29, 0.717) is 25.3 Å². The summed E-state index contributed by atoms with van der Waals surface area (Å²) in [5, 5.41) is 7.55. The molecule has 0 saturated carbocycles. The molecule has 2 heterocycles. The number of nitrogens with one attached hydrogen (secondary N) is 1. The van der Waals surface area contributed by atoms with E-state index < -0.39 is 0 Å². The molecule has 1 saturated heterocycles. The Morgan fingerprint density at radius 3 is 2.80 bits per heavy atom. The molecule has 1 atom stereocenters. The summed E-state index contributed by atoms with van der Waals surface area (Å²) in [5.74, 6) is -0.0776. The van der Waals surface area contributed by atoms with E-state index in [1.54, 1.807) is 0 Å². The molecular weight excluding hydrogens is 316 g/mol. The van der Waals surface area contributed by atoms with Crippen molar-refractivity contribution in [3.05, 3.63) is 52.8 Å². The number of ether oxygens (including phenoxy) is 1. The van der Waals surface area contributed by atoms with Crippen molar-refractivity contribution in [2.45, 2.75) is 26.5 Å². The lowest BCUT2D eigenvalue weighted by Crippen LogP contribution is -2.46. The van der Waals surface area contributed by atoms with Gasteiger partial charge in [-0.3, -0.25) is 9.48 Å². The van der Waals surface area contributed by atoms with Crippen LogP contribution in [0.2, 0.25) is 0 Å². The quantitative estimate of drug-likeness (QED) is 0.897. The van der Waals surface area contributed by atoms with Gasteiger partial charge in [-0.2, -0.15) is 5.10 Å². The van der Waals surface area contributed by atoms with E-state index in [0.717, 1.165) is 24.5 Å². The lowest BCUT2D eigenvalue weighted by Gasteiger charge is -2.30. The lowest BCUT2D eigenvalue weighted by atomic mass is 10.1. The number of nitrogens with zero attached hydrogens (tertiary/aromatic N) is 3. The number of hydrogen-bond donors (Lipinski definition) is 1. The van der Waals surface area contributed by atoms with Crippen molar-refractivity contribution in [1.29, 1.82) is 0 Å². The Labute approximate surface area is 148 Å². The Morgan fingerprint density at radius 2 is 2.08 bits per heavy atom. The predicted molar refractivity (Wildman–Crippen MR) is 96.8 cm³/mol. The number of amides is 1. The zero-order valence-corrected chi connectivity index (χ0v) is 15.2. The summed E-state index contributed by atoms with van der Waals surface area (Å²) in [6.45, 7) is 7.50. The Hall–Kier alpha value is -2.18. The van der Waals surface area contributed by atoms with E-state index in [4.69, 9.17) is 4.74 Å². The highest BCUT2D eigenvalue weighted by Gasteiger charge is 2.22. The van der Waals surface area contributed by atoms with Crippen molar-refractivity contribution in [1.82, 2.24) is 20.0 Å². The molecule has 1 aliphatic heterocycles. The zero-order chi connectivity index (χ0) is 17.8. The SMILES string of the molecule is Cc1nn(Cc2ccccc2)c(C)c1C(=O)NCC1CN(C)CCO1. The molecule has 6 nitrogen and oxygen atoms in total. The van der Waals surface area contributed by atoms with Gasteiger partial charge in [0.1, 0.15) is 0 Å². The van der Waals surface area contributed by atoms with Crippen molar-refractivity contribution >= 4 is 5.91 Å². The predicted octanol–water partition coefficient (Wildman–Crippen LogP) is 1.61. The topological polar surface area (TPSA) is 59.4 Å². The van der Waals surface area contributed by atoms with Crippen LogP contribution in [0.4, 0.5) is 0 Å². The molecule has 1 aliphatic rings. The highest BCUT2D eigenvalue weighted by Crippen LogP contribution is 2.15. The van der Waals surface area contributed by atoms with Crippen LogP contribution in [0.5, 0.6) is 0 Å². The minimum atomic E-state index is -0.0776. The number of hydrogen-bond acceptors (Lipinski definition) is 4. The third kappa shape index (κ3) is 4.27. The number of benzene rings is 1. The van der Waals surface area contributed by atoms with Crippen molar-refractivity contribution in [3.8, 4) is 0 Å². The van der Waals surface area contributed by atoms with Crippen LogP contribution in [0.3, 0.4) is 0 Å². The van der Waals surface area contributed by atoms with Gasteiger partial charge >= 0.3 is 0 Å². The minimum Gasteiger partial charge on any atom is -0.374 e. The highest BCUT2D eigenvalue weighted by molar-refractivity contribution is 5.96. The Morgan fingerprint density at radius 1 is 1.32 bits per heavy atom. The van der Waals surface area contributed by atoms with E-state index in [-0.39, 0.29) is 12.0 Å². The summed E-state index contributed by atoms with van der Waals surface area (Å²) in [6.07, 6.45) is 0.0441. The van der Waals surface area contributed by atoms with Gasteiger partial charge in [-0.05, 0) is 26.5 Å². The van der Waals surface area contributed by atoms with Crippen LogP contribution in [0.25, 0.3) is 0 Å². The number of carbonyl (C=O) groups is 1. The average Bonchev–Trinajstić information content (AvgIpc) is 2.87. The van der Waals surface area contributed by atoms with Gasteiger partial charge in [-0.25, -0.2) is 0 Å². The van der Waals surface area contributed by atoms with Crippen LogP contribution in [-0.4, -0.2) is 60.0 Å². The molecule has 1 aromatic heterocycles. The normalized spacial score (nSPS) is 18.3. The van der Waals surface area contributed by atoms with Gasteiger partial charge in [0.2, 0.25) is 0 Å². The maximum atomic E-state index is 12.6. The number of likely N-dealkylation sites (N-methyl/N-ethyl adjacent to an activating group) is 1. The second kappa shape index (κ2) is 7.80. The van der Waals surface area contributed by atoms with Crippen LogP contribution in [0.15, 0.2) is 30.3 Å². The maximum Gasteiger partial charge on any atom is 0.255 e. The van der Waals surface area contributed by atoms with Gasteiger partial charge in [0, 0.05) is 25.3 Å². The summed E-state index contributed by atoms with van der Waals surface area (Å²) in [5.41, 5.74) is 3.48. The summed E-state index contributed by atoms with van der Waals surface area (Å²) in [4.78, 5) is 14.9.